The number of aromatic nitrogens is 2. The highest BCUT2D eigenvalue weighted by Crippen LogP contribution is 2.25. The summed E-state index contributed by atoms with van der Waals surface area (Å²) in [6.07, 6.45) is 2.27. The summed E-state index contributed by atoms with van der Waals surface area (Å²) in [4.78, 5) is 24.1. The molecule has 2 amide bonds. The first kappa shape index (κ1) is 18.8. The van der Waals surface area contributed by atoms with Crippen LogP contribution in [-0.2, 0) is 16.1 Å². The molecule has 144 valence electrons. The number of hydrogen-bond acceptors (Lipinski definition) is 5. The second kappa shape index (κ2) is 7.70. The van der Waals surface area contributed by atoms with Crippen molar-refractivity contribution in [3.63, 3.8) is 0 Å². The molecule has 3 N–H and O–H groups in total. The van der Waals surface area contributed by atoms with E-state index in [1.54, 1.807) is 31.4 Å². The van der Waals surface area contributed by atoms with Gasteiger partial charge in [-0.2, -0.15) is 5.10 Å². The van der Waals surface area contributed by atoms with Crippen molar-refractivity contribution < 1.29 is 23.1 Å². The van der Waals surface area contributed by atoms with E-state index in [0.29, 0.717) is 17.1 Å². The van der Waals surface area contributed by atoms with Crippen molar-refractivity contribution in [1.82, 2.24) is 15.1 Å². The molecule has 1 aliphatic heterocycles. The normalized spacial score (nSPS) is 18.1. The summed E-state index contributed by atoms with van der Waals surface area (Å²) in [5.74, 6) is -3.08. The maximum atomic E-state index is 13.2. The fraction of sp³-hybridized carbons (Fsp3) is 0.353. The maximum absolute atomic E-state index is 13.2. The second-order valence-corrected chi connectivity index (χ2v) is 6.19. The van der Waals surface area contributed by atoms with Gasteiger partial charge < -0.3 is 15.4 Å². The molecule has 0 bridgehead atoms. The standard InChI is InChI=1S/C17H19F2N5O3/c1-27-13-4-2-11(3-5-13)22-15(25)9-24-8-12(7-21-24)23-16(26)14-6-17(18,19)10-20-14/h2-5,7-8,14,20H,6,9-10H2,1H3,(H,22,25)(H,23,26). The van der Waals surface area contributed by atoms with E-state index in [2.05, 4.69) is 21.0 Å². The van der Waals surface area contributed by atoms with Gasteiger partial charge in [0.1, 0.15) is 12.3 Å². The molecular formula is C17H19F2N5O3. The lowest BCUT2D eigenvalue weighted by Crippen LogP contribution is -2.35. The summed E-state index contributed by atoms with van der Waals surface area (Å²) < 4.78 is 32.7. The average molecular weight is 379 g/mol. The monoisotopic (exact) mass is 379 g/mol. The lowest BCUT2D eigenvalue weighted by Gasteiger charge is -2.09. The Morgan fingerprint density at radius 2 is 2.04 bits per heavy atom. The molecule has 1 aromatic carbocycles. The number of carbonyl (C=O) groups is 2. The summed E-state index contributed by atoms with van der Waals surface area (Å²) in [6.45, 7) is -0.586. The number of amides is 2. The van der Waals surface area contributed by atoms with Gasteiger partial charge in [0.25, 0.3) is 5.92 Å². The summed E-state index contributed by atoms with van der Waals surface area (Å²) in [5.41, 5.74) is 0.934. The zero-order chi connectivity index (χ0) is 19.4. The van der Waals surface area contributed by atoms with Gasteiger partial charge in [0.05, 0.1) is 31.6 Å². The van der Waals surface area contributed by atoms with E-state index < -0.39 is 30.8 Å². The molecule has 0 aliphatic carbocycles. The number of halogens is 2. The van der Waals surface area contributed by atoms with Crippen LogP contribution in [0.5, 0.6) is 5.75 Å². The molecule has 2 aromatic rings. The fourth-order valence-corrected chi connectivity index (χ4v) is 2.67. The van der Waals surface area contributed by atoms with E-state index in [4.69, 9.17) is 4.74 Å². The Balaban J connectivity index is 1.51. The second-order valence-electron chi connectivity index (χ2n) is 6.19. The molecule has 0 saturated carbocycles. The molecule has 1 aromatic heterocycles. The van der Waals surface area contributed by atoms with Crippen molar-refractivity contribution in [2.45, 2.75) is 24.9 Å². The number of ether oxygens (including phenoxy) is 1. The number of nitrogens with one attached hydrogen (secondary N) is 3. The summed E-state index contributed by atoms with van der Waals surface area (Å²) >= 11 is 0. The molecule has 27 heavy (non-hydrogen) atoms. The van der Waals surface area contributed by atoms with E-state index in [1.165, 1.54) is 17.1 Å². The van der Waals surface area contributed by atoms with Crippen molar-refractivity contribution in [3.05, 3.63) is 36.7 Å². The number of nitrogens with zero attached hydrogens (tertiary/aromatic N) is 2. The highest BCUT2D eigenvalue weighted by atomic mass is 19.3. The zero-order valence-electron chi connectivity index (χ0n) is 14.5. The van der Waals surface area contributed by atoms with Crippen LogP contribution in [0.4, 0.5) is 20.2 Å². The molecule has 1 unspecified atom stereocenters. The predicted octanol–water partition coefficient (Wildman–Crippen LogP) is 1.47. The average Bonchev–Trinajstić information content (AvgIpc) is 3.21. The van der Waals surface area contributed by atoms with E-state index in [0.717, 1.165) is 0 Å². The Hall–Kier alpha value is -3.01. The largest absolute Gasteiger partial charge is 0.497 e. The molecule has 1 atom stereocenters. The van der Waals surface area contributed by atoms with Gasteiger partial charge in [0.15, 0.2) is 0 Å². The summed E-state index contributed by atoms with van der Waals surface area (Å²) in [7, 11) is 1.55. The SMILES string of the molecule is COc1ccc(NC(=O)Cn2cc(NC(=O)C3CC(F)(F)CN3)cn2)cc1. The lowest BCUT2D eigenvalue weighted by molar-refractivity contribution is -0.118. The van der Waals surface area contributed by atoms with Gasteiger partial charge in [0.2, 0.25) is 11.8 Å². The highest BCUT2D eigenvalue weighted by Gasteiger charge is 2.42. The Morgan fingerprint density at radius 3 is 2.67 bits per heavy atom. The van der Waals surface area contributed by atoms with Gasteiger partial charge in [-0.15, -0.1) is 0 Å². The third-order valence-electron chi connectivity index (χ3n) is 4.01. The molecule has 8 nitrogen and oxygen atoms in total. The van der Waals surface area contributed by atoms with Gasteiger partial charge in [-0.1, -0.05) is 0 Å². The van der Waals surface area contributed by atoms with Crippen LogP contribution >= 0.6 is 0 Å². The first-order valence-corrected chi connectivity index (χ1v) is 8.23. The number of methoxy groups -OCH3 is 1. The first-order valence-electron chi connectivity index (χ1n) is 8.23. The van der Waals surface area contributed by atoms with Crippen LogP contribution in [0.1, 0.15) is 6.42 Å². The van der Waals surface area contributed by atoms with Crippen LogP contribution in [0.15, 0.2) is 36.7 Å². The minimum atomic E-state index is -2.88. The van der Waals surface area contributed by atoms with E-state index in [-0.39, 0.29) is 12.5 Å². The van der Waals surface area contributed by atoms with Crippen LogP contribution in [-0.4, -0.2) is 47.2 Å². The number of carbonyl (C=O) groups excluding carboxylic acids is 2. The third kappa shape index (κ3) is 5.00. The van der Waals surface area contributed by atoms with E-state index in [9.17, 15) is 18.4 Å². The van der Waals surface area contributed by atoms with Gasteiger partial charge in [0, 0.05) is 18.3 Å². The molecule has 0 spiro atoms. The number of benzene rings is 1. The smallest absolute Gasteiger partial charge is 0.262 e. The molecule has 2 heterocycles. The lowest BCUT2D eigenvalue weighted by atomic mass is 10.2. The number of alkyl halides is 2. The van der Waals surface area contributed by atoms with Gasteiger partial charge >= 0.3 is 0 Å². The maximum Gasteiger partial charge on any atom is 0.262 e. The van der Waals surface area contributed by atoms with Crippen LogP contribution < -0.4 is 20.7 Å². The first-order chi connectivity index (χ1) is 12.8. The van der Waals surface area contributed by atoms with Crippen molar-refractivity contribution in [3.8, 4) is 5.75 Å². The van der Waals surface area contributed by atoms with Crippen LogP contribution in [0, 0.1) is 0 Å². The molecule has 1 saturated heterocycles. The molecular weight excluding hydrogens is 360 g/mol. The van der Waals surface area contributed by atoms with Crippen molar-refractivity contribution in [1.29, 1.82) is 0 Å². The molecule has 1 fully saturated rings. The quantitative estimate of drug-likeness (QED) is 0.706. The van der Waals surface area contributed by atoms with Crippen molar-refractivity contribution >= 4 is 23.2 Å². The van der Waals surface area contributed by atoms with Crippen molar-refractivity contribution in [2.75, 3.05) is 24.3 Å². The molecule has 1 aliphatic rings. The van der Waals surface area contributed by atoms with Crippen LogP contribution in [0.2, 0.25) is 0 Å². The summed E-state index contributed by atoms with van der Waals surface area (Å²) in [5, 5.41) is 11.7. The van der Waals surface area contributed by atoms with Gasteiger partial charge in [-0.25, -0.2) is 8.78 Å². The number of hydrogen-bond donors (Lipinski definition) is 3. The highest BCUT2D eigenvalue weighted by molar-refractivity contribution is 5.95. The Labute approximate surface area is 153 Å². The van der Waals surface area contributed by atoms with Crippen LogP contribution in [0.25, 0.3) is 0 Å². The van der Waals surface area contributed by atoms with Crippen LogP contribution in [0.3, 0.4) is 0 Å². The molecule has 0 radical (unpaired) electrons. The molecule has 10 heteroatoms. The van der Waals surface area contributed by atoms with E-state index >= 15 is 0 Å². The minimum Gasteiger partial charge on any atom is -0.497 e. The summed E-state index contributed by atoms with van der Waals surface area (Å²) in [6, 6.07) is 5.89. The zero-order valence-corrected chi connectivity index (χ0v) is 14.5. The third-order valence-corrected chi connectivity index (χ3v) is 4.01. The van der Waals surface area contributed by atoms with Gasteiger partial charge in [-0.3, -0.25) is 19.6 Å². The minimum absolute atomic E-state index is 0.0678. The molecule has 3 rings (SSSR count). The fourth-order valence-electron chi connectivity index (χ4n) is 2.67. The number of anilines is 2. The Bertz CT molecular complexity index is 822. The van der Waals surface area contributed by atoms with Gasteiger partial charge in [-0.05, 0) is 24.3 Å². The predicted molar refractivity (Wildman–Crippen MR) is 93.8 cm³/mol. The topological polar surface area (TPSA) is 97.3 Å². The number of rotatable bonds is 6. The van der Waals surface area contributed by atoms with Crippen molar-refractivity contribution in [2.24, 2.45) is 0 Å². The Morgan fingerprint density at radius 1 is 1.30 bits per heavy atom. The Kier molecular flexibility index (Phi) is 5.36. The van der Waals surface area contributed by atoms with E-state index in [1.807, 2.05) is 0 Å².